The normalized spacial score (nSPS) is 12.3. The number of alkyl halides is 3. The van der Waals surface area contributed by atoms with Crippen molar-refractivity contribution in [2.75, 3.05) is 0 Å². The second-order valence-corrected chi connectivity index (χ2v) is 3.23. The molecule has 0 fully saturated rings. The van der Waals surface area contributed by atoms with Gasteiger partial charge in [-0.15, -0.1) is 0 Å². The highest BCUT2D eigenvalue weighted by Crippen LogP contribution is 2.32. The van der Waals surface area contributed by atoms with E-state index in [0.717, 1.165) is 17.5 Å². The van der Waals surface area contributed by atoms with Gasteiger partial charge in [-0.1, -0.05) is 0 Å². The lowest BCUT2D eigenvalue weighted by Crippen LogP contribution is -2.04. The van der Waals surface area contributed by atoms with Gasteiger partial charge < -0.3 is 4.98 Å². The van der Waals surface area contributed by atoms with Gasteiger partial charge in [0.1, 0.15) is 0 Å². The minimum absolute atomic E-state index is 0.525. The van der Waals surface area contributed by atoms with Crippen molar-refractivity contribution in [1.82, 2.24) is 4.98 Å². The molecule has 0 amide bonds. The van der Waals surface area contributed by atoms with Crippen LogP contribution in [0.25, 0.3) is 10.9 Å². The first-order valence-corrected chi connectivity index (χ1v) is 4.13. The van der Waals surface area contributed by atoms with Crippen LogP contribution in [0.3, 0.4) is 0 Å². The summed E-state index contributed by atoms with van der Waals surface area (Å²) in [5, 5.41) is 0.831. The third kappa shape index (κ3) is 1.36. The number of benzene rings is 1. The Labute approximate surface area is 78.5 Å². The standard InChI is InChI=1S/C10H8F3N/c1-6-4-7(10(11,12)13)5-9-8(6)2-3-14-9/h2-5,14H,1H3. The van der Waals surface area contributed by atoms with Crippen LogP contribution < -0.4 is 0 Å². The maximum Gasteiger partial charge on any atom is 0.416 e. The third-order valence-corrected chi connectivity index (χ3v) is 2.20. The maximum absolute atomic E-state index is 12.4. The lowest BCUT2D eigenvalue weighted by molar-refractivity contribution is -0.137. The van der Waals surface area contributed by atoms with E-state index in [9.17, 15) is 13.2 Å². The molecule has 1 aromatic heterocycles. The first-order chi connectivity index (χ1) is 6.48. The Kier molecular flexibility index (Phi) is 1.80. The fraction of sp³-hybridized carbons (Fsp3) is 0.200. The van der Waals surface area contributed by atoms with E-state index in [-0.39, 0.29) is 0 Å². The number of nitrogens with one attached hydrogen (secondary N) is 1. The van der Waals surface area contributed by atoms with Gasteiger partial charge in [-0.2, -0.15) is 13.2 Å². The molecule has 0 unspecified atom stereocenters. The quantitative estimate of drug-likeness (QED) is 0.668. The first kappa shape index (κ1) is 9.12. The molecule has 1 nitrogen and oxygen atoms in total. The lowest BCUT2D eigenvalue weighted by atomic mass is 10.1. The monoisotopic (exact) mass is 199 g/mol. The molecule has 2 aromatic rings. The van der Waals surface area contributed by atoms with Gasteiger partial charge in [-0.25, -0.2) is 0 Å². The summed E-state index contributed by atoms with van der Waals surface area (Å²) < 4.78 is 37.2. The lowest BCUT2D eigenvalue weighted by Gasteiger charge is -2.07. The number of hydrogen-bond donors (Lipinski definition) is 1. The molecule has 1 N–H and O–H groups in total. The predicted octanol–water partition coefficient (Wildman–Crippen LogP) is 3.50. The Morgan fingerprint density at radius 1 is 1.21 bits per heavy atom. The van der Waals surface area contributed by atoms with Gasteiger partial charge >= 0.3 is 6.18 Å². The summed E-state index contributed by atoms with van der Waals surface area (Å²) in [7, 11) is 0. The van der Waals surface area contributed by atoms with Crippen LogP contribution in [-0.2, 0) is 6.18 Å². The van der Waals surface area contributed by atoms with E-state index in [0.29, 0.717) is 11.1 Å². The molecule has 2 rings (SSSR count). The van der Waals surface area contributed by atoms with Crippen molar-refractivity contribution in [2.45, 2.75) is 13.1 Å². The van der Waals surface area contributed by atoms with E-state index >= 15 is 0 Å². The smallest absolute Gasteiger partial charge is 0.361 e. The predicted molar refractivity (Wildman–Crippen MR) is 48.0 cm³/mol. The summed E-state index contributed by atoms with van der Waals surface area (Å²) in [5.74, 6) is 0. The number of H-pyrrole nitrogens is 1. The number of aromatic amines is 1. The van der Waals surface area contributed by atoms with Crippen molar-refractivity contribution in [3.8, 4) is 0 Å². The van der Waals surface area contributed by atoms with Crippen molar-refractivity contribution >= 4 is 10.9 Å². The molecule has 74 valence electrons. The zero-order valence-electron chi connectivity index (χ0n) is 7.44. The largest absolute Gasteiger partial charge is 0.416 e. The van der Waals surface area contributed by atoms with Crippen LogP contribution in [0.1, 0.15) is 11.1 Å². The number of aryl methyl sites for hydroxylation is 1. The van der Waals surface area contributed by atoms with Crippen molar-refractivity contribution in [3.05, 3.63) is 35.5 Å². The first-order valence-electron chi connectivity index (χ1n) is 4.13. The minimum atomic E-state index is -4.27. The van der Waals surface area contributed by atoms with E-state index in [1.54, 1.807) is 19.2 Å². The highest BCUT2D eigenvalue weighted by Gasteiger charge is 2.31. The van der Waals surface area contributed by atoms with Crippen LogP contribution in [0.4, 0.5) is 13.2 Å². The topological polar surface area (TPSA) is 15.8 Å². The van der Waals surface area contributed by atoms with Crippen molar-refractivity contribution in [1.29, 1.82) is 0 Å². The molecule has 0 aliphatic heterocycles. The number of aromatic nitrogens is 1. The summed E-state index contributed by atoms with van der Waals surface area (Å²) in [4.78, 5) is 2.77. The second kappa shape index (κ2) is 2.77. The van der Waals surface area contributed by atoms with Crippen molar-refractivity contribution in [2.24, 2.45) is 0 Å². The molecule has 0 spiro atoms. The van der Waals surface area contributed by atoms with Crippen LogP contribution in [-0.4, -0.2) is 4.98 Å². The van der Waals surface area contributed by atoms with Gasteiger partial charge in [0, 0.05) is 17.1 Å². The number of rotatable bonds is 0. The summed E-state index contributed by atoms with van der Waals surface area (Å²) in [6.45, 7) is 1.67. The van der Waals surface area contributed by atoms with Gasteiger partial charge in [-0.3, -0.25) is 0 Å². The van der Waals surface area contributed by atoms with Gasteiger partial charge in [0.05, 0.1) is 5.56 Å². The number of fused-ring (bicyclic) bond motifs is 1. The van der Waals surface area contributed by atoms with Crippen LogP contribution in [0.2, 0.25) is 0 Å². The zero-order chi connectivity index (χ0) is 10.3. The van der Waals surface area contributed by atoms with E-state index in [1.165, 1.54) is 0 Å². The summed E-state index contributed by atoms with van der Waals surface area (Å²) in [6.07, 6.45) is -2.64. The molecule has 0 aliphatic rings. The van der Waals surface area contributed by atoms with Gasteiger partial charge in [-0.05, 0) is 30.7 Å². The molecule has 0 atom stereocenters. The second-order valence-electron chi connectivity index (χ2n) is 3.23. The Bertz CT molecular complexity index is 468. The highest BCUT2D eigenvalue weighted by molar-refractivity contribution is 5.83. The molecular weight excluding hydrogens is 191 g/mol. The Morgan fingerprint density at radius 2 is 1.93 bits per heavy atom. The molecule has 4 heteroatoms. The van der Waals surface area contributed by atoms with Crippen LogP contribution >= 0.6 is 0 Å². The number of hydrogen-bond acceptors (Lipinski definition) is 0. The fourth-order valence-electron chi connectivity index (χ4n) is 1.52. The Morgan fingerprint density at radius 3 is 2.57 bits per heavy atom. The van der Waals surface area contributed by atoms with E-state index in [1.807, 2.05) is 0 Å². The zero-order valence-corrected chi connectivity index (χ0v) is 7.44. The molecule has 1 heterocycles. The van der Waals surface area contributed by atoms with E-state index in [4.69, 9.17) is 0 Å². The van der Waals surface area contributed by atoms with Crippen molar-refractivity contribution in [3.63, 3.8) is 0 Å². The SMILES string of the molecule is Cc1cc(C(F)(F)F)cc2[nH]ccc12. The average Bonchev–Trinajstić information content (AvgIpc) is 2.50. The Balaban J connectivity index is 2.70. The average molecular weight is 199 g/mol. The number of halogens is 3. The van der Waals surface area contributed by atoms with Gasteiger partial charge in [0.25, 0.3) is 0 Å². The minimum Gasteiger partial charge on any atom is -0.361 e. The fourth-order valence-corrected chi connectivity index (χ4v) is 1.52. The molecule has 0 saturated heterocycles. The molecule has 0 saturated carbocycles. The van der Waals surface area contributed by atoms with Crippen LogP contribution in [0.5, 0.6) is 0 Å². The van der Waals surface area contributed by atoms with Gasteiger partial charge in [0.15, 0.2) is 0 Å². The van der Waals surface area contributed by atoms with E-state index < -0.39 is 11.7 Å². The van der Waals surface area contributed by atoms with Crippen LogP contribution in [0, 0.1) is 6.92 Å². The van der Waals surface area contributed by atoms with Gasteiger partial charge in [0.2, 0.25) is 0 Å². The van der Waals surface area contributed by atoms with E-state index in [2.05, 4.69) is 4.98 Å². The summed E-state index contributed by atoms with van der Waals surface area (Å²) >= 11 is 0. The molecular formula is C10H8F3N. The molecule has 0 radical (unpaired) electrons. The molecule has 0 bridgehead atoms. The molecule has 1 aromatic carbocycles. The highest BCUT2D eigenvalue weighted by atomic mass is 19.4. The summed E-state index contributed by atoms with van der Waals surface area (Å²) in [6, 6.07) is 4.06. The maximum atomic E-state index is 12.4. The summed E-state index contributed by atoms with van der Waals surface area (Å²) in [5.41, 5.74) is 0.554. The molecule has 14 heavy (non-hydrogen) atoms. The third-order valence-electron chi connectivity index (χ3n) is 2.20. The molecule has 0 aliphatic carbocycles. The van der Waals surface area contributed by atoms with Crippen molar-refractivity contribution < 1.29 is 13.2 Å². The Hall–Kier alpha value is -1.45. The van der Waals surface area contributed by atoms with Crippen LogP contribution in [0.15, 0.2) is 24.4 Å².